The molecule has 2 heterocycles. The molecule has 1 atom stereocenters. The molecule has 5 nitrogen and oxygen atoms in total. The van der Waals surface area contributed by atoms with Crippen LogP contribution in [0.25, 0.3) is 0 Å². The van der Waals surface area contributed by atoms with Crippen LogP contribution in [-0.4, -0.2) is 22.8 Å². The molecule has 146 valence electrons. The lowest BCUT2D eigenvalue weighted by molar-refractivity contribution is 0.0976. The lowest BCUT2D eigenvalue weighted by Crippen LogP contribution is -2.36. The Balaban J connectivity index is 1.59. The number of anilines is 2. The van der Waals surface area contributed by atoms with Crippen molar-refractivity contribution in [2.45, 2.75) is 33.2 Å². The van der Waals surface area contributed by atoms with Crippen molar-refractivity contribution in [3.05, 3.63) is 88.7 Å². The van der Waals surface area contributed by atoms with Crippen molar-refractivity contribution >= 4 is 23.2 Å². The highest BCUT2D eigenvalue weighted by atomic mass is 16.2. The lowest BCUT2D eigenvalue weighted by atomic mass is 10.1. The summed E-state index contributed by atoms with van der Waals surface area (Å²) in [6.45, 7) is 5.99. The first-order valence-corrected chi connectivity index (χ1v) is 9.70. The minimum absolute atomic E-state index is 0.0504. The summed E-state index contributed by atoms with van der Waals surface area (Å²) in [5.41, 5.74) is 5.62. The number of carbonyl (C=O) groups excluding carboxylic acids is 2. The van der Waals surface area contributed by atoms with E-state index in [0.717, 1.165) is 34.5 Å². The average Bonchev–Trinajstić information content (AvgIpc) is 3.05. The van der Waals surface area contributed by atoms with Gasteiger partial charge in [-0.1, -0.05) is 35.9 Å². The molecule has 3 aromatic rings. The Labute approximate surface area is 170 Å². The van der Waals surface area contributed by atoms with Gasteiger partial charge < -0.3 is 10.2 Å². The highest BCUT2D eigenvalue weighted by Gasteiger charge is 2.32. The number of aryl methyl sites for hydroxylation is 2. The molecule has 1 aliphatic heterocycles. The summed E-state index contributed by atoms with van der Waals surface area (Å²) < 4.78 is 0. The number of nitrogens with one attached hydrogen (secondary N) is 1. The van der Waals surface area contributed by atoms with Crippen LogP contribution in [0.15, 0.2) is 60.8 Å². The van der Waals surface area contributed by atoms with Gasteiger partial charge in [0.25, 0.3) is 11.8 Å². The van der Waals surface area contributed by atoms with E-state index < -0.39 is 0 Å². The number of aromatic nitrogens is 1. The zero-order valence-corrected chi connectivity index (χ0v) is 16.8. The molecular weight excluding hydrogens is 362 g/mol. The molecule has 0 radical (unpaired) electrons. The summed E-state index contributed by atoms with van der Waals surface area (Å²) in [7, 11) is 0. The molecule has 0 spiro atoms. The molecule has 0 bridgehead atoms. The first-order chi connectivity index (χ1) is 13.9. The van der Waals surface area contributed by atoms with Gasteiger partial charge in [-0.25, -0.2) is 0 Å². The summed E-state index contributed by atoms with van der Waals surface area (Å²) in [6, 6.07) is 17.0. The van der Waals surface area contributed by atoms with Crippen LogP contribution in [0.2, 0.25) is 0 Å². The Kier molecular flexibility index (Phi) is 4.89. The van der Waals surface area contributed by atoms with Gasteiger partial charge in [-0.05, 0) is 62.6 Å². The van der Waals surface area contributed by atoms with Gasteiger partial charge in [0.15, 0.2) is 0 Å². The fraction of sp³-hybridized carbons (Fsp3) is 0.208. The van der Waals surface area contributed by atoms with Crippen LogP contribution in [0.4, 0.5) is 11.4 Å². The number of benzene rings is 2. The van der Waals surface area contributed by atoms with E-state index in [1.165, 1.54) is 6.20 Å². The fourth-order valence-electron chi connectivity index (χ4n) is 3.84. The van der Waals surface area contributed by atoms with Gasteiger partial charge in [-0.15, -0.1) is 0 Å². The van der Waals surface area contributed by atoms with E-state index in [1.54, 1.807) is 17.0 Å². The number of hydrogen-bond donors (Lipinski definition) is 1. The first-order valence-electron chi connectivity index (χ1n) is 9.70. The Morgan fingerprint density at radius 3 is 2.66 bits per heavy atom. The average molecular weight is 385 g/mol. The Morgan fingerprint density at radius 1 is 1.07 bits per heavy atom. The third-order valence-electron chi connectivity index (χ3n) is 5.30. The number of para-hydroxylation sites is 1. The summed E-state index contributed by atoms with van der Waals surface area (Å²) in [5, 5.41) is 2.92. The van der Waals surface area contributed by atoms with Crippen LogP contribution < -0.4 is 10.2 Å². The van der Waals surface area contributed by atoms with Crippen LogP contribution in [0, 0.1) is 13.8 Å². The fourth-order valence-corrected chi connectivity index (χ4v) is 3.84. The van der Waals surface area contributed by atoms with E-state index in [4.69, 9.17) is 0 Å². The molecule has 1 aromatic heterocycles. The second kappa shape index (κ2) is 7.51. The van der Waals surface area contributed by atoms with Crippen molar-refractivity contribution in [2.24, 2.45) is 0 Å². The predicted molar refractivity (Wildman–Crippen MR) is 115 cm³/mol. The predicted octanol–water partition coefficient (Wildman–Crippen LogP) is 4.54. The van der Waals surface area contributed by atoms with E-state index in [2.05, 4.69) is 10.3 Å². The van der Waals surface area contributed by atoms with Gasteiger partial charge >= 0.3 is 0 Å². The van der Waals surface area contributed by atoms with Crippen molar-refractivity contribution in [3.63, 3.8) is 0 Å². The molecule has 1 N–H and O–H groups in total. The van der Waals surface area contributed by atoms with Gasteiger partial charge in [0.2, 0.25) is 0 Å². The second-order valence-electron chi connectivity index (χ2n) is 7.56. The van der Waals surface area contributed by atoms with E-state index >= 15 is 0 Å². The van der Waals surface area contributed by atoms with Crippen molar-refractivity contribution in [1.29, 1.82) is 0 Å². The van der Waals surface area contributed by atoms with Crippen molar-refractivity contribution < 1.29 is 9.59 Å². The highest BCUT2D eigenvalue weighted by Crippen LogP contribution is 2.32. The molecule has 1 aliphatic rings. The third-order valence-corrected chi connectivity index (χ3v) is 5.30. The van der Waals surface area contributed by atoms with Crippen molar-refractivity contribution in [2.75, 3.05) is 10.2 Å². The second-order valence-corrected chi connectivity index (χ2v) is 7.56. The number of carbonyl (C=O) groups is 2. The number of fused-ring (bicyclic) bond motifs is 1. The molecule has 5 heteroatoms. The van der Waals surface area contributed by atoms with Crippen LogP contribution in [0.1, 0.15) is 44.5 Å². The van der Waals surface area contributed by atoms with E-state index in [-0.39, 0.29) is 23.6 Å². The number of nitrogens with zero attached hydrogens (tertiary/aromatic N) is 2. The maximum atomic E-state index is 13.2. The molecule has 0 fully saturated rings. The smallest absolute Gasteiger partial charge is 0.277 e. The zero-order chi connectivity index (χ0) is 20.5. The minimum atomic E-state index is -0.261. The third kappa shape index (κ3) is 3.63. The van der Waals surface area contributed by atoms with Gasteiger partial charge in [0, 0.05) is 29.2 Å². The zero-order valence-electron chi connectivity index (χ0n) is 16.8. The molecule has 2 aromatic carbocycles. The normalized spacial score (nSPS) is 15.1. The largest absolute Gasteiger partial charge is 0.322 e. The number of hydrogen-bond acceptors (Lipinski definition) is 3. The molecule has 29 heavy (non-hydrogen) atoms. The maximum Gasteiger partial charge on any atom is 0.277 e. The van der Waals surface area contributed by atoms with Crippen LogP contribution in [0.3, 0.4) is 0 Å². The Morgan fingerprint density at radius 2 is 1.86 bits per heavy atom. The van der Waals surface area contributed by atoms with Crippen LogP contribution in [-0.2, 0) is 6.42 Å². The molecular formula is C24H23N3O2. The maximum absolute atomic E-state index is 13.2. The van der Waals surface area contributed by atoms with E-state index in [1.807, 2.05) is 63.2 Å². The molecule has 0 aliphatic carbocycles. The van der Waals surface area contributed by atoms with Gasteiger partial charge in [-0.3, -0.25) is 14.6 Å². The lowest BCUT2D eigenvalue weighted by Gasteiger charge is -2.22. The number of amides is 2. The quantitative estimate of drug-likeness (QED) is 0.720. The van der Waals surface area contributed by atoms with Gasteiger partial charge in [0.05, 0.1) is 0 Å². The van der Waals surface area contributed by atoms with Crippen molar-refractivity contribution in [3.8, 4) is 0 Å². The molecule has 2 amide bonds. The molecule has 1 unspecified atom stereocenters. The Bertz CT molecular complexity index is 1110. The van der Waals surface area contributed by atoms with Crippen LogP contribution >= 0.6 is 0 Å². The SMILES string of the molecule is Cc1ccc(NC(=O)c2ccnc(C(=O)N3c4ccccc4CC3C)c2)c(C)c1. The monoisotopic (exact) mass is 385 g/mol. The minimum Gasteiger partial charge on any atom is -0.322 e. The van der Waals surface area contributed by atoms with E-state index in [0.29, 0.717) is 5.56 Å². The summed E-state index contributed by atoms with van der Waals surface area (Å²) in [6.07, 6.45) is 2.32. The van der Waals surface area contributed by atoms with Crippen LogP contribution in [0.5, 0.6) is 0 Å². The summed E-state index contributed by atoms with van der Waals surface area (Å²) in [4.78, 5) is 31.9. The standard InChI is InChI=1S/C24H23N3O2/c1-15-8-9-20(16(2)12-15)26-23(28)19-10-11-25-21(14-19)24(29)27-17(3)13-18-6-4-5-7-22(18)27/h4-12,14,17H,13H2,1-3H3,(H,26,28). The summed E-state index contributed by atoms with van der Waals surface area (Å²) >= 11 is 0. The van der Waals surface area contributed by atoms with Gasteiger partial charge in [0.1, 0.15) is 5.69 Å². The molecule has 4 rings (SSSR count). The topological polar surface area (TPSA) is 62.3 Å². The van der Waals surface area contributed by atoms with Crippen molar-refractivity contribution in [1.82, 2.24) is 4.98 Å². The molecule has 0 saturated heterocycles. The number of rotatable bonds is 3. The summed E-state index contributed by atoms with van der Waals surface area (Å²) in [5.74, 6) is -0.452. The van der Waals surface area contributed by atoms with Gasteiger partial charge in [-0.2, -0.15) is 0 Å². The highest BCUT2D eigenvalue weighted by molar-refractivity contribution is 6.09. The van der Waals surface area contributed by atoms with E-state index in [9.17, 15) is 9.59 Å². The molecule has 0 saturated carbocycles. The Hall–Kier alpha value is -3.47. The number of pyridine rings is 1. The first kappa shape index (κ1) is 18.9.